The zero-order valence-corrected chi connectivity index (χ0v) is 20.0. The van der Waals surface area contributed by atoms with Gasteiger partial charge in [-0.1, -0.05) is 48.0 Å². The van der Waals surface area contributed by atoms with Gasteiger partial charge in [0.2, 0.25) is 0 Å². The molecule has 0 atom stereocenters. The molecule has 3 aromatic carbocycles. The SMILES string of the molecule is CCOC(=O)CCCn1cc(C(=O)c2ccc(OCc3ccc(C)cc3)c(O)c2)c2ccccc21. The number of benzene rings is 3. The largest absolute Gasteiger partial charge is 0.504 e. The number of rotatable bonds is 10. The summed E-state index contributed by atoms with van der Waals surface area (Å²) in [4.78, 5) is 25.1. The molecule has 4 rings (SSSR count). The van der Waals surface area contributed by atoms with Gasteiger partial charge in [0.05, 0.1) is 6.61 Å². The van der Waals surface area contributed by atoms with Gasteiger partial charge in [-0.05, 0) is 50.1 Å². The number of fused-ring (bicyclic) bond motifs is 1. The predicted octanol–water partition coefficient (Wildman–Crippen LogP) is 5.81. The van der Waals surface area contributed by atoms with Crippen molar-refractivity contribution in [1.82, 2.24) is 4.57 Å². The smallest absolute Gasteiger partial charge is 0.305 e. The van der Waals surface area contributed by atoms with Crippen molar-refractivity contribution in [2.75, 3.05) is 6.61 Å². The third kappa shape index (κ3) is 5.72. The number of phenols is 1. The fourth-order valence-electron chi connectivity index (χ4n) is 4.02. The van der Waals surface area contributed by atoms with Crippen LogP contribution < -0.4 is 4.74 Å². The zero-order chi connectivity index (χ0) is 24.8. The van der Waals surface area contributed by atoms with Crippen LogP contribution in [0.1, 0.15) is 46.8 Å². The average molecular weight is 472 g/mol. The van der Waals surface area contributed by atoms with E-state index in [9.17, 15) is 14.7 Å². The van der Waals surface area contributed by atoms with Crippen molar-refractivity contribution in [3.63, 3.8) is 0 Å². The van der Waals surface area contributed by atoms with E-state index in [1.54, 1.807) is 19.1 Å². The van der Waals surface area contributed by atoms with Gasteiger partial charge in [-0.3, -0.25) is 9.59 Å². The average Bonchev–Trinajstić information content (AvgIpc) is 3.22. The summed E-state index contributed by atoms with van der Waals surface area (Å²) >= 11 is 0. The van der Waals surface area contributed by atoms with Gasteiger partial charge in [0.1, 0.15) is 6.61 Å². The first-order valence-electron chi connectivity index (χ1n) is 11.8. The minimum Gasteiger partial charge on any atom is -0.504 e. The van der Waals surface area contributed by atoms with E-state index in [0.717, 1.165) is 16.5 Å². The maximum atomic E-state index is 13.4. The van der Waals surface area contributed by atoms with E-state index in [2.05, 4.69) is 0 Å². The standard InChI is InChI=1S/C29H29NO5/c1-3-34-28(32)9-6-16-30-18-24(23-7-4-5-8-25(23)30)29(33)22-14-15-27(26(31)17-22)35-19-21-12-10-20(2)11-13-21/h4-5,7-8,10-15,17-18,31H,3,6,9,16,19H2,1-2H3. The number of hydrogen-bond acceptors (Lipinski definition) is 5. The minimum atomic E-state index is -0.222. The molecule has 0 aliphatic carbocycles. The lowest BCUT2D eigenvalue weighted by Crippen LogP contribution is -2.06. The summed E-state index contributed by atoms with van der Waals surface area (Å²) in [6.07, 6.45) is 2.75. The number of aromatic nitrogens is 1. The van der Waals surface area contributed by atoms with Gasteiger partial charge in [-0.15, -0.1) is 0 Å². The van der Waals surface area contributed by atoms with E-state index in [0.29, 0.717) is 49.5 Å². The Balaban J connectivity index is 1.51. The van der Waals surface area contributed by atoms with Gasteiger partial charge >= 0.3 is 5.97 Å². The van der Waals surface area contributed by atoms with E-state index in [1.807, 2.05) is 66.2 Å². The molecule has 0 fully saturated rings. The number of ether oxygens (including phenoxy) is 2. The lowest BCUT2D eigenvalue weighted by molar-refractivity contribution is -0.143. The second-order valence-electron chi connectivity index (χ2n) is 8.45. The van der Waals surface area contributed by atoms with E-state index in [1.165, 1.54) is 11.6 Å². The Morgan fingerprint density at radius 1 is 1.00 bits per heavy atom. The highest BCUT2D eigenvalue weighted by Crippen LogP contribution is 2.30. The Kier molecular flexibility index (Phi) is 7.51. The minimum absolute atomic E-state index is 0.0823. The van der Waals surface area contributed by atoms with E-state index >= 15 is 0 Å². The summed E-state index contributed by atoms with van der Waals surface area (Å²) in [5.74, 6) is -0.171. The number of carbonyl (C=O) groups is 2. The number of hydrogen-bond donors (Lipinski definition) is 1. The van der Waals surface area contributed by atoms with Crippen LogP contribution in [-0.2, 0) is 22.7 Å². The van der Waals surface area contributed by atoms with Crippen LogP contribution in [0.2, 0.25) is 0 Å². The molecule has 4 aromatic rings. The van der Waals surface area contributed by atoms with Gasteiger partial charge < -0.3 is 19.1 Å². The van der Waals surface area contributed by atoms with Crippen molar-refractivity contribution in [1.29, 1.82) is 0 Å². The molecule has 1 aromatic heterocycles. The number of nitrogens with zero attached hydrogens (tertiary/aromatic N) is 1. The Hall–Kier alpha value is -4.06. The molecule has 35 heavy (non-hydrogen) atoms. The maximum Gasteiger partial charge on any atom is 0.305 e. The highest BCUT2D eigenvalue weighted by atomic mass is 16.5. The molecule has 0 aliphatic rings. The predicted molar refractivity (Wildman–Crippen MR) is 135 cm³/mol. The van der Waals surface area contributed by atoms with Gasteiger partial charge in [0, 0.05) is 41.2 Å². The fourth-order valence-corrected chi connectivity index (χ4v) is 4.02. The maximum absolute atomic E-state index is 13.4. The molecule has 0 unspecified atom stereocenters. The van der Waals surface area contributed by atoms with Crippen LogP contribution in [0.15, 0.2) is 72.9 Å². The molecule has 0 radical (unpaired) electrons. The quantitative estimate of drug-likeness (QED) is 0.233. The number of aromatic hydroxyl groups is 1. The van der Waals surface area contributed by atoms with Gasteiger partial charge in [-0.25, -0.2) is 0 Å². The lowest BCUT2D eigenvalue weighted by Gasteiger charge is -2.10. The Morgan fingerprint density at radius 3 is 2.51 bits per heavy atom. The summed E-state index contributed by atoms with van der Waals surface area (Å²) in [5, 5.41) is 11.3. The highest BCUT2D eigenvalue weighted by molar-refractivity contribution is 6.16. The summed E-state index contributed by atoms with van der Waals surface area (Å²) in [6.45, 7) is 5.08. The van der Waals surface area contributed by atoms with Crippen molar-refractivity contribution >= 4 is 22.7 Å². The van der Waals surface area contributed by atoms with Crippen molar-refractivity contribution < 1.29 is 24.2 Å². The molecule has 0 spiro atoms. The Morgan fingerprint density at radius 2 is 1.77 bits per heavy atom. The summed E-state index contributed by atoms with van der Waals surface area (Å²) in [6, 6.07) is 20.4. The van der Waals surface area contributed by atoms with Gasteiger partial charge in [0.15, 0.2) is 17.3 Å². The first-order chi connectivity index (χ1) is 17.0. The molecule has 180 valence electrons. The fraction of sp³-hybridized carbons (Fsp3) is 0.241. The molecule has 0 amide bonds. The van der Waals surface area contributed by atoms with Crippen LogP contribution >= 0.6 is 0 Å². The number of esters is 1. The lowest BCUT2D eigenvalue weighted by atomic mass is 10.0. The number of aryl methyl sites for hydroxylation is 2. The molecule has 0 saturated carbocycles. The molecule has 6 heteroatoms. The van der Waals surface area contributed by atoms with Crippen LogP contribution in [0.3, 0.4) is 0 Å². The van der Waals surface area contributed by atoms with Crippen LogP contribution in [0, 0.1) is 6.92 Å². The Labute approximate surface area is 204 Å². The highest BCUT2D eigenvalue weighted by Gasteiger charge is 2.18. The summed E-state index contributed by atoms with van der Waals surface area (Å²) in [7, 11) is 0. The van der Waals surface area contributed by atoms with Crippen molar-refractivity contribution in [3.8, 4) is 11.5 Å². The third-order valence-corrected chi connectivity index (χ3v) is 5.85. The van der Waals surface area contributed by atoms with E-state index < -0.39 is 0 Å². The number of carbonyl (C=O) groups excluding carboxylic acids is 2. The van der Waals surface area contributed by atoms with E-state index in [4.69, 9.17) is 9.47 Å². The first-order valence-corrected chi connectivity index (χ1v) is 11.8. The molecule has 0 saturated heterocycles. The molecule has 6 nitrogen and oxygen atoms in total. The van der Waals surface area contributed by atoms with Crippen molar-refractivity contribution in [2.45, 2.75) is 39.8 Å². The molecule has 1 heterocycles. The van der Waals surface area contributed by atoms with E-state index in [-0.39, 0.29) is 17.5 Å². The summed E-state index contributed by atoms with van der Waals surface area (Å²) < 4.78 is 12.7. The Bertz CT molecular complexity index is 1340. The van der Waals surface area contributed by atoms with Crippen molar-refractivity contribution in [3.05, 3.63) is 95.2 Å². The monoisotopic (exact) mass is 471 g/mol. The van der Waals surface area contributed by atoms with Gasteiger partial charge in [0.25, 0.3) is 0 Å². The number of ketones is 1. The van der Waals surface area contributed by atoms with Crippen LogP contribution in [0.25, 0.3) is 10.9 Å². The number of phenolic OH excluding ortho intramolecular Hbond substituents is 1. The molecule has 0 aliphatic heterocycles. The van der Waals surface area contributed by atoms with Crippen LogP contribution in [0.5, 0.6) is 11.5 Å². The second-order valence-corrected chi connectivity index (χ2v) is 8.45. The molecular formula is C29H29NO5. The molecule has 0 bridgehead atoms. The van der Waals surface area contributed by atoms with Crippen LogP contribution in [-0.4, -0.2) is 28.0 Å². The van der Waals surface area contributed by atoms with Crippen LogP contribution in [0.4, 0.5) is 0 Å². The normalized spacial score (nSPS) is 10.9. The second kappa shape index (κ2) is 10.9. The molecule has 1 N–H and O–H groups in total. The number of para-hydroxylation sites is 1. The third-order valence-electron chi connectivity index (χ3n) is 5.85. The zero-order valence-electron chi connectivity index (χ0n) is 20.0. The van der Waals surface area contributed by atoms with Gasteiger partial charge in [-0.2, -0.15) is 0 Å². The summed E-state index contributed by atoms with van der Waals surface area (Å²) in [5.41, 5.74) is 4.00. The van der Waals surface area contributed by atoms with Crippen molar-refractivity contribution in [2.24, 2.45) is 0 Å². The molecular weight excluding hydrogens is 442 g/mol. The first kappa shape index (κ1) is 24.1. The topological polar surface area (TPSA) is 77.8 Å².